The highest BCUT2D eigenvalue weighted by molar-refractivity contribution is 7.09. The van der Waals surface area contributed by atoms with Gasteiger partial charge in [-0.05, 0) is 39.5 Å². The molecule has 1 aliphatic carbocycles. The molecule has 0 unspecified atom stereocenters. The summed E-state index contributed by atoms with van der Waals surface area (Å²) in [6, 6.07) is 0. The van der Waals surface area contributed by atoms with Crippen LogP contribution in [0.15, 0.2) is 0 Å². The molecule has 2 rings (SSSR count). The summed E-state index contributed by atoms with van der Waals surface area (Å²) in [5.41, 5.74) is 0. The standard InChI is InChI=1S/C12H21N3OS/c1-9(2)16-8-4-3-7-13-12-14-11(15-17-12)10-5-6-10/h9-10H,3-8H2,1-2H3,(H,13,14,15). The van der Waals surface area contributed by atoms with Crippen LogP contribution in [0.25, 0.3) is 0 Å². The summed E-state index contributed by atoms with van der Waals surface area (Å²) in [6.45, 7) is 5.95. The molecule has 1 aromatic heterocycles. The van der Waals surface area contributed by atoms with E-state index in [9.17, 15) is 0 Å². The third-order valence-corrected chi connectivity index (χ3v) is 3.37. The predicted octanol–water partition coefficient (Wildman–Crippen LogP) is 3.03. The fourth-order valence-electron chi connectivity index (χ4n) is 1.56. The maximum atomic E-state index is 5.48. The fourth-order valence-corrected chi connectivity index (χ4v) is 2.23. The van der Waals surface area contributed by atoms with Crippen LogP contribution in [0.4, 0.5) is 5.13 Å². The summed E-state index contributed by atoms with van der Waals surface area (Å²) in [7, 11) is 0. The highest BCUT2D eigenvalue weighted by atomic mass is 32.1. The van der Waals surface area contributed by atoms with Gasteiger partial charge in [-0.1, -0.05) is 0 Å². The van der Waals surface area contributed by atoms with Crippen molar-refractivity contribution in [1.82, 2.24) is 9.36 Å². The summed E-state index contributed by atoms with van der Waals surface area (Å²) < 4.78 is 9.84. The lowest BCUT2D eigenvalue weighted by Crippen LogP contribution is -2.06. The van der Waals surface area contributed by atoms with E-state index in [0.717, 1.165) is 36.9 Å². The third-order valence-electron chi connectivity index (χ3n) is 2.68. The van der Waals surface area contributed by atoms with Crippen LogP contribution in [0, 0.1) is 0 Å². The van der Waals surface area contributed by atoms with Gasteiger partial charge in [-0.2, -0.15) is 4.37 Å². The summed E-state index contributed by atoms with van der Waals surface area (Å²) >= 11 is 1.48. The Balaban J connectivity index is 1.55. The number of nitrogens with zero attached hydrogens (tertiary/aromatic N) is 2. The third kappa shape index (κ3) is 4.60. The van der Waals surface area contributed by atoms with Crippen LogP contribution in [0.2, 0.25) is 0 Å². The number of aromatic nitrogens is 2. The van der Waals surface area contributed by atoms with Gasteiger partial charge < -0.3 is 10.1 Å². The molecule has 1 fully saturated rings. The highest BCUT2D eigenvalue weighted by Crippen LogP contribution is 2.39. The second-order valence-corrected chi connectivity index (χ2v) is 5.54. The largest absolute Gasteiger partial charge is 0.379 e. The first-order valence-corrected chi connectivity index (χ1v) is 7.22. The maximum absolute atomic E-state index is 5.48. The molecule has 4 nitrogen and oxygen atoms in total. The predicted molar refractivity (Wildman–Crippen MR) is 70.7 cm³/mol. The Kier molecular flexibility index (Phi) is 4.74. The minimum absolute atomic E-state index is 0.340. The summed E-state index contributed by atoms with van der Waals surface area (Å²) in [5.74, 6) is 1.70. The van der Waals surface area contributed by atoms with Gasteiger partial charge >= 0.3 is 0 Å². The quantitative estimate of drug-likeness (QED) is 0.725. The lowest BCUT2D eigenvalue weighted by molar-refractivity contribution is 0.0765. The van der Waals surface area contributed by atoms with E-state index in [1.165, 1.54) is 24.4 Å². The van der Waals surface area contributed by atoms with Crippen molar-refractivity contribution in [3.63, 3.8) is 0 Å². The van der Waals surface area contributed by atoms with Gasteiger partial charge in [0.05, 0.1) is 6.10 Å². The van der Waals surface area contributed by atoms with Crippen LogP contribution in [0.5, 0.6) is 0 Å². The van der Waals surface area contributed by atoms with E-state index in [1.807, 2.05) is 0 Å². The molecule has 96 valence electrons. The van der Waals surface area contributed by atoms with Crippen molar-refractivity contribution in [3.8, 4) is 0 Å². The van der Waals surface area contributed by atoms with Crippen molar-refractivity contribution in [2.75, 3.05) is 18.5 Å². The molecule has 0 aliphatic heterocycles. The van der Waals surface area contributed by atoms with E-state index < -0.39 is 0 Å². The van der Waals surface area contributed by atoms with Gasteiger partial charge in [-0.3, -0.25) is 0 Å². The molecule has 0 aromatic carbocycles. The minimum atomic E-state index is 0.340. The molecule has 17 heavy (non-hydrogen) atoms. The van der Waals surface area contributed by atoms with Crippen LogP contribution >= 0.6 is 11.5 Å². The van der Waals surface area contributed by atoms with E-state index in [1.54, 1.807) is 0 Å². The number of rotatable bonds is 8. The van der Waals surface area contributed by atoms with Gasteiger partial charge in [0.1, 0.15) is 5.82 Å². The molecular formula is C12H21N3OS. The zero-order chi connectivity index (χ0) is 12.1. The molecule has 1 saturated carbocycles. The average molecular weight is 255 g/mol. The first-order valence-electron chi connectivity index (χ1n) is 6.45. The summed E-state index contributed by atoms with van der Waals surface area (Å²) in [6.07, 6.45) is 5.09. The minimum Gasteiger partial charge on any atom is -0.379 e. The molecular weight excluding hydrogens is 234 g/mol. The Morgan fingerprint density at radius 3 is 2.94 bits per heavy atom. The zero-order valence-electron chi connectivity index (χ0n) is 10.6. The van der Waals surface area contributed by atoms with Crippen molar-refractivity contribution < 1.29 is 4.74 Å². The fraction of sp³-hybridized carbons (Fsp3) is 0.833. The molecule has 0 spiro atoms. The highest BCUT2D eigenvalue weighted by Gasteiger charge is 2.27. The van der Waals surface area contributed by atoms with Gasteiger partial charge in [-0.25, -0.2) is 4.98 Å². The van der Waals surface area contributed by atoms with E-state index >= 15 is 0 Å². The second-order valence-electron chi connectivity index (χ2n) is 4.79. The Labute approximate surface area is 107 Å². The summed E-state index contributed by atoms with van der Waals surface area (Å²) in [4.78, 5) is 4.48. The van der Waals surface area contributed by atoms with Crippen molar-refractivity contribution in [2.45, 2.75) is 51.6 Å². The normalized spacial score (nSPS) is 15.5. The Morgan fingerprint density at radius 1 is 1.41 bits per heavy atom. The van der Waals surface area contributed by atoms with E-state index in [4.69, 9.17) is 4.74 Å². The van der Waals surface area contributed by atoms with Crippen molar-refractivity contribution in [2.24, 2.45) is 0 Å². The van der Waals surface area contributed by atoms with Crippen molar-refractivity contribution in [3.05, 3.63) is 5.82 Å². The van der Waals surface area contributed by atoms with Crippen LogP contribution in [0.1, 0.15) is 51.3 Å². The number of anilines is 1. The first kappa shape index (κ1) is 12.8. The average Bonchev–Trinajstić information content (AvgIpc) is 3.04. The molecule has 0 amide bonds. The zero-order valence-corrected chi connectivity index (χ0v) is 11.4. The van der Waals surface area contributed by atoms with Crippen molar-refractivity contribution in [1.29, 1.82) is 0 Å². The molecule has 5 heteroatoms. The van der Waals surface area contributed by atoms with E-state index in [-0.39, 0.29) is 0 Å². The lowest BCUT2D eigenvalue weighted by atomic mass is 10.3. The van der Waals surface area contributed by atoms with Gasteiger partial charge in [0.25, 0.3) is 0 Å². The first-order chi connectivity index (χ1) is 8.25. The van der Waals surface area contributed by atoms with E-state index in [2.05, 4.69) is 28.5 Å². The number of ether oxygens (including phenoxy) is 1. The van der Waals surface area contributed by atoms with Crippen LogP contribution < -0.4 is 5.32 Å². The number of unbranched alkanes of at least 4 members (excludes halogenated alkanes) is 1. The molecule has 1 aromatic rings. The van der Waals surface area contributed by atoms with E-state index in [0.29, 0.717) is 12.0 Å². The van der Waals surface area contributed by atoms with Gasteiger partial charge in [-0.15, -0.1) is 0 Å². The van der Waals surface area contributed by atoms with Crippen LogP contribution in [-0.4, -0.2) is 28.6 Å². The Morgan fingerprint density at radius 2 is 2.24 bits per heavy atom. The summed E-state index contributed by atoms with van der Waals surface area (Å²) in [5, 5.41) is 4.29. The molecule has 0 atom stereocenters. The second kappa shape index (κ2) is 6.31. The topological polar surface area (TPSA) is 47.0 Å². The molecule has 1 N–H and O–H groups in total. The molecule has 0 radical (unpaired) electrons. The van der Waals surface area contributed by atoms with Crippen molar-refractivity contribution >= 4 is 16.7 Å². The Bertz CT molecular complexity index is 336. The van der Waals surface area contributed by atoms with Crippen LogP contribution in [0.3, 0.4) is 0 Å². The lowest BCUT2D eigenvalue weighted by Gasteiger charge is -2.06. The molecule has 0 bridgehead atoms. The smallest absolute Gasteiger partial charge is 0.202 e. The van der Waals surface area contributed by atoms with Gasteiger partial charge in [0.2, 0.25) is 5.13 Å². The SMILES string of the molecule is CC(C)OCCCCNc1nc(C2CC2)ns1. The molecule has 1 aliphatic rings. The van der Waals surface area contributed by atoms with Gasteiger partial charge in [0, 0.05) is 30.6 Å². The number of hydrogen-bond acceptors (Lipinski definition) is 5. The van der Waals surface area contributed by atoms with Gasteiger partial charge in [0.15, 0.2) is 0 Å². The Hall–Kier alpha value is -0.680. The number of nitrogens with one attached hydrogen (secondary N) is 1. The van der Waals surface area contributed by atoms with Crippen LogP contribution in [-0.2, 0) is 4.74 Å². The maximum Gasteiger partial charge on any atom is 0.202 e. The number of hydrogen-bond donors (Lipinski definition) is 1. The molecule has 1 heterocycles. The monoisotopic (exact) mass is 255 g/mol. The molecule has 0 saturated heterocycles.